The fourth-order valence-electron chi connectivity index (χ4n) is 3.41. The van der Waals surface area contributed by atoms with E-state index in [2.05, 4.69) is 41.4 Å². The summed E-state index contributed by atoms with van der Waals surface area (Å²) in [6, 6.07) is 4.20. The molecule has 2 atom stereocenters. The lowest BCUT2D eigenvalue weighted by Crippen LogP contribution is -2.17. The summed E-state index contributed by atoms with van der Waals surface area (Å²) < 4.78 is 1.89. The van der Waals surface area contributed by atoms with Crippen LogP contribution in [0.25, 0.3) is 5.65 Å². The minimum absolute atomic E-state index is 0.891. The molecule has 1 N–H and O–H groups in total. The van der Waals surface area contributed by atoms with E-state index in [-0.39, 0.29) is 0 Å². The summed E-state index contributed by atoms with van der Waals surface area (Å²) in [4.78, 5) is 4.26. The lowest BCUT2D eigenvalue weighted by molar-refractivity contribution is 0.274. The third kappa shape index (κ3) is 2.94. The lowest BCUT2D eigenvalue weighted by Gasteiger charge is -2.26. The molecule has 0 saturated heterocycles. The van der Waals surface area contributed by atoms with Gasteiger partial charge in [-0.1, -0.05) is 26.2 Å². The van der Waals surface area contributed by atoms with Crippen LogP contribution in [-0.2, 0) is 0 Å². The Morgan fingerprint density at radius 3 is 3.10 bits per heavy atom. The van der Waals surface area contributed by atoms with Crippen molar-refractivity contribution >= 4 is 11.5 Å². The van der Waals surface area contributed by atoms with Crippen LogP contribution in [0.2, 0.25) is 0 Å². The summed E-state index contributed by atoms with van der Waals surface area (Å²) in [6.07, 6.45) is 8.50. The molecule has 4 heteroatoms. The Balaban J connectivity index is 1.61. The first-order valence-electron chi connectivity index (χ1n) is 7.76. The van der Waals surface area contributed by atoms with Crippen molar-refractivity contribution in [2.24, 2.45) is 11.8 Å². The topological polar surface area (TPSA) is 42.2 Å². The van der Waals surface area contributed by atoms with E-state index >= 15 is 0 Å². The van der Waals surface area contributed by atoms with Crippen molar-refractivity contribution in [3.63, 3.8) is 0 Å². The molecule has 108 valence electrons. The molecule has 0 spiro atoms. The standard InChI is InChI=1S/C16H24N4/c1-12-4-3-5-14(8-12)6-7-17-15-9-13(2)10-16-18-11-19-20(15)16/h9-12,14,17H,3-8H2,1-2H3. The third-order valence-corrected chi connectivity index (χ3v) is 4.43. The van der Waals surface area contributed by atoms with E-state index in [0.717, 1.165) is 29.8 Å². The summed E-state index contributed by atoms with van der Waals surface area (Å²) in [5.41, 5.74) is 2.14. The van der Waals surface area contributed by atoms with Crippen LogP contribution < -0.4 is 5.32 Å². The van der Waals surface area contributed by atoms with Gasteiger partial charge in [-0.15, -0.1) is 0 Å². The molecule has 1 aliphatic rings. The molecule has 1 saturated carbocycles. The van der Waals surface area contributed by atoms with Crippen molar-refractivity contribution in [3.05, 3.63) is 24.0 Å². The number of hydrogen-bond acceptors (Lipinski definition) is 3. The van der Waals surface area contributed by atoms with Crippen molar-refractivity contribution in [2.75, 3.05) is 11.9 Å². The predicted molar refractivity (Wildman–Crippen MR) is 82.0 cm³/mol. The zero-order valence-electron chi connectivity index (χ0n) is 12.5. The molecule has 1 aliphatic carbocycles. The van der Waals surface area contributed by atoms with Gasteiger partial charge < -0.3 is 5.32 Å². The molecule has 3 rings (SSSR count). The number of rotatable bonds is 4. The minimum Gasteiger partial charge on any atom is -0.370 e. The summed E-state index contributed by atoms with van der Waals surface area (Å²) in [7, 11) is 0. The van der Waals surface area contributed by atoms with Gasteiger partial charge in [0, 0.05) is 6.54 Å². The average Bonchev–Trinajstić information content (AvgIpc) is 2.87. The summed E-state index contributed by atoms with van der Waals surface area (Å²) in [5, 5.41) is 7.82. The van der Waals surface area contributed by atoms with Crippen LogP contribution in [-0.4, -0.2) is 21.1 Å². The highest BCUT2D eigenvalue weighted by Crippen LogP contribution is 2.30. The first-order valence-corrected chi connectivity index (χ1v) is 7.76. The number of pyridine rings is 1. The molecular formula is C16H24N4. The third-order valence-electron chi connectivity index (χ3n) is 4.43. The van der Waals surface area contributed by atoms with E-state index < -0.39 is 0 Å². The highest BCUT2D eigenvalue weighted by atomic mass is 15.3. The zero-order valence-corrected chi connectivity index (χ0v) is 12.5. The molecule has 2 heterocycles. The van der Waals surface area contributed by atoms with Gasteiger partial charge in [0.2, 0.25) is 0 Å². The van der Waals surface area contributed by atoms with E-state index in [1.165, 1.54) is 37.7 Å². The average molecular weight is 272 g/mol. The molecule has 2 aromatic rings. The Morgan fingerprint density at radius 1 is 1.35 bits per heavy atom. The van der Waals surface area contributed by atoms with Gasteiger partial charge in [0.05, 0.1) is 0 Å². The summed E-state index contributed by atoms with van der Waals surface area (Å²) >= 11 is 0. The van der Waals surface area contributed by atoms with Crippen molar-refractivity contribution in [1.82, 2.24) is 14.6 Å². The maximum Gasteiger partial charge on any atom is 0.157 e. The van der Waals surface area contributed by atoms with Crippen LogP contribution in [0.5, 0.6) is 0 Å². The molecule has 2 unspecified atom stereocenters. The first kappa shape index (κ1) is 13.4. The Morgan fingerprint density at radius 2 is 2.25 bits per heavy atom. The van der Waals surface area contributed by atoms with E-state index in [9.17, 15) is 0 Å². The van der Waals surface area contributed by atoms with Crippen molar-refractivity contribution in [2.45, 2.75) is 46.0 Å². The molecule has 0 aliphatic heterocycles. The first-order chi connectivity index (χ1) is 9.72. The smallest absolute Gasteiger partial charge is 0.157 e. The molecule has 4 nitrogen and oxygen atoms in total. The van der Waals surface area contributed by atoms with Crippen LogP contribution >= 0.6 is 0 Å². The van der Waals surface area contributed by atoms with Crippen LogP contribution in [0, 0.1) is 18.8 Å². The van der Waals surface area contributed by atoms with Gasteiger partial charge in [0.25, 0.3) is 0 Å². The number of aromatic nitrogens is 3. The second kappa shape index (κ2) is 5.81. The molecule has 2 aromatic heterocycles. The second-order valence-electron chi connectivity index (χ2n) is 6.30. The number of aryl methyl sites for hydroxylation is 1. The molecule has 0 amide bonds. The predicted octanol–water partition coefficient (Wildman–Crippen LogP) is 3.67. The number of anilines is 1. The lowest BCUT2D eigenvalue weighted by atomic mass is 9.81. The van der Waals surface area contributed by atoms with E-state index in [1.54, 1.807) is 6.33 Å². The molecular weight excluding hydrogens is 248 g/mol. The van der Waals surface area contributed by atoms with Crippen LogP contribution in [0.15, 0.2) is 18.5 Å². The summed E-state index contributed by atoms with van der Waals surface area (Å²) in [5.74, 6) is 2.86. The monoisotopic (exact) mass is 272 g/mol. The molecule has 0 radical (unpaired) electrons. The molecule has 1 fully saturated rings. The van der Waals surface area contributed by atoms with E-state index in [4.69, 9.17) is 0 Å². The van der Waals surface area contributed by atoms with Crippen molar-refractivity contribution in [1.29, 1.82) is 0 Å². The van der Waals surface area contributed by atoms with Gasteiger partial charge in [-0.3, -0.25) is 0 Å². The fraction of sp³-hybridized carbons (Fsp3) is 0.625. The maximum absolute atomic E-state index is 4.28. The van der Waals surface area contributed by atoms with Crippen LogP contribution in [0.1, 0.15) is 44.6 Å². The zero-order chi connectivity index (χ0) is 13.9. The van der Waals surface area contributed by atoms with Crippen LogP contribution in [0.4, 0.5) is 5.82 Å². The van der Waals surface area contributed by atoms with Gasteiger partial charge in [0.15, 0.2) is 5.65 Å². The normalized spacial score (nSPS) is 23.1. The number of nitrogens with zero attached hydrogens (tertiary/aromatic N) is 3. The fourth-order valence-corrected chi connectivity index (χ4v) is 3.41. The van der Waals surface area contributed by atoms with Gasteiger partial charge in [0.1, 0.15) is 12.1 Å². The quantitative estimate of drug-likeness (QED) is 0.923. The number of fused-ring (bicyclic) bond motifs is 1. The van der Waals surface area contributed by atoms with Gasteiger partial charge in [-0.05, 0) is 49.3 Å². The maximum atomic E-state index is 4.28. The van der Waals surface area contributed by atoms with Gasteiger partial charge in [-0.25, -0.2) is 4.98 Å². The second-order valence-corrected chi connectivity index (χ2v) is 6.30. The number of nitrogens with one attached hydrogen (secondary N) is 1. The highest BCUT2D eigenvalue weighted by Gasteiger charge is 2.18. The SMILES string of the molecule is Cc1cc(NCCC2CCCC(C)C2)n2ncnc2c1. The Kier molecular flexibility index (Phi) is 3.90. The molecule has 20 heavy (non-hydrogen) atoms. The Labute approximate surface area is 120 Å². The Hall–Kier alpha value is -1.58. The molecule has 0 aromatic carbocycles. The van der Waals surface area contributed by atoms with E-state index in [0.29, 0.717) is 0 Å². The van der Waals surface area contributed by atoms with Crippen LogP contribution in [0.3, 0.4) is 0 Å². The largest absolute Gasteiger partial charge is 0.370 e. The van der Waals surface area contributed by atoms with E-state index in [1.807, 2.05) is 4.52 Å². The van der Waals surface area contributed by atoms with Gasteiger partial charge in [-0.2, -0.15) is 9.61 Å². The van der Waals surface area contributed by atoms with Gasteiger partial charge >= 0.3 is 0 Å². The Bertz CT molecular complexity index is 575. The van der Waals surface area contributed by atoms with Crippen molar-refractivity contribution in [3.8, 4) is 0 Å². The number of hydrogen-bond donors (Lipinski definition) is 1. The minimum atomic E-state index is 0.891. The summed E-state index contributed by atoms with van der Waals surface area (Å²) in [6.45, 7) is 5.51. The molecule has 0 bridgehead atoms. The van der Waals surface area contributed by atoms with Crippen molar-refractivity contribution < 1.29 is 0 Å². The highest BCUT2D eigenvalue weighted by molar-refractivity contribution is 5.51.